The van der Waals surface area contributed by atoms with Crippen LogP contribution in [0.2, 0.25) is 0 Å². The molecule has 102 valence electrons. The third-order valence-electron chi connectivity index (χ3n) is 3.01. The van der Waals surface area contributed by atoms with Crippen molar-refractivity contribution in [1.29, 1.82) is 5.26 Å². The Morgan fingerprint density at radius 2 is 2.26 bits per heavy atom. The van der Waals surface area contributed by atoms with Crippen LogP contribution in [-0.4, -0.2) is 27.2 Å². The molecule has 0 radical (unpaired) electrons. The van der Waals surface area contributed by atoms with Gasteiger partial charge in [-0.05, 0) is 31.5 Å². The second-order valence-corrected chi connectivity index (χ2v) is 6.49. The van der Waals surface area contributed by atoms with Crippen molar-refractivity contribution in [1.82, 2.24) is 4.72 Å². The van der Waals surface area contributed by atoms with Gasteiger partial charge < -0.3 is 10.5 Å². The van der Waals surface area contributed by atoms with E-state index in [0.717, 1.165) is 0 Å². The first-order valence-corrected chi connectivity index (χ1v) is 7.26. The van der Waals surface area contributed by atoms with Crippen molar-refractivity contribution in [3.63, 3.8) is 0 Å². The number of hydrogen-bond acceptors (Lipinski definition) is 5. The topological polar surface area (TPSA) is 105 Å². The summed E-state index contributed by atoms with van der Waals surface area (Å²) in [5.74, 6) is 0. The third kappa shape index (κ3) is 2.87. The molecular weight excluding hydrogens is 266 g/mol. The molecule has 0 spiro atoms. The number of nitrogens with two attached hydrogens (primary N) is 1. The van der Waals surface area contributed by atoms with Gasteiger partial charge >= 0.3 is 0 Å². The Balaban J connectivity index is 2.37. The van der Waals surface area contributed by atoms with Crippen molar-refractivity contribution in [2.45, 2.75) is 23.8 Å². The molecule has 1 aliphatic rings. The number of nitrogen functional groups attached to an aromatic ring is 1. The fourth-order valence-electron chi connectivity index (χ4n) is 2.00. The molecule has 1 aromatic carbocycles. The Labute approximate surface area is 112 Å². The minimum atomic E-state index is -3.77. The fourth-order valence-corrected chi connectivity index (χ4v) is 3.56. The maximum absolute atomic E-state index is 12.3. The molecule has 1 unspecified atom stereocenters. The van der Waals surface area contributed by atoms with Crippen LogP contribution in [0.25, 0.3) is 0 Å². The molecular formula is C12H15N3O3S. The molecule has 1 atom stereocenters. The van der Waals surface area contributed by atoms with E-state index in [-0.39, 0.29) is 10.5 Å². The van der Waals surface area contributed by atoms with Gasteiger partial charge in [0, 0.05) is 12.3 Å². The van der Waals surface area contributed by atoms with Gasteiger partial charge in [-0.1, -0.05) is 0 Å². The lowest BCUT2D eigenvalue weighted by atomic mass is 10.0. The van der Waals surface area contributed by atoms with Gasteiger partial charge in [-0.15, -0.1) is 0 Å². The molecule has 2 rings (SSSR count). The smallest absolute Gasteiger partial charge is 0.242 e. The summed E-state index contributed by atoms with van der Waals surface area (Å²) in [6.07, 6.45) is 0.600. The fraction of sp³-hybridized carbons (Fsp3) is 0.417. The number of ether oxygens (including phenoxy) is 1. The average Bonchev–Trinajstić information content (AvgIpc) is 2.74. The number of rotatable bonds is 3. The molecule has 19 heavy (non-hydrogen) atoms. The van der Waals surface area contributed by atoms with E-state index in [1.165, 1.54) is 18.2 Å². The van der Waals surface area contributed by atoms with Gasteiger partial charge in [0.15, 0.2) is 0 Å². The first-order valence-electron chi connectivity index (χ1n) is 5.78. The summed E-state index contributed by atoms with van der Waals surface area (Å²) in [7, 11) is -3.77. The van der Waals surface area contributed by atoms with Crippen molar-refractivity contribution >= 4 is 15.7 Å². The van der Waals surface area contributed by atoms with Crippen LogP contribution in [-0.2, 0) is 14.8 Å². The maximum Gasteiger partial charge on any atom is 0.242 e. The number of hydrogen-bond donors (Lipinski definition) is 2. The number of benzene rings is 1. The SMILES string of the molecule is CC1(NS(=O)(=O)c2ccc(N)cc2C#N)CCOC1. The summed E-state index contributed by atoms with van der Waals surface area (Å²) in [6, 6.07) is 6.00. The predicted octanol–water partition coefficient (Wildman–Crippen LogP) is 0.598. The van der Waals surface area contributed by atoms with E-state index in [4.69, 9.17) is 15.7 Å². The molecule has 0 aliphatic carbocycles. The monoisotopic (exact) mass is 281 g/mol. The Morgan fingerprint density at radius 1 is 1.53 bits per heavy atom. The van der Waals surface area contributed by atoms with Crippen molar-refractivity contribution in [3.8, 4) is 6.07 Å². The number of sulfonamides is 1. The zero-order valence-electron chi connectivity index (χ0n) is 10.5. The highest BCUT2D eigenvalue weighted by molar-refractivity contribution is 7.89. The predicted molar refractivity (Wildman–Crippen MR) is 69.7 cm³/mol. The second-order valence-electron chi connectivity index (χ2n) is 4.84. The number of anilines is 1. The summed E-state index contributed by atoms with van der Waals surface area (Å²) < 4.78 is 32.5. The van der Waals surface area contributed by atoms with Crippen molar-refractivity contribution in [2.24, 2.45) is 0 Å². The summed E-state index contributed by atoms with van der Waals surface area (Å²) in [6.45, 7) is 2.62. The van der Waals surface area contributed by atoms with Crippen LogP contribution in [0.15, 0.2) is 23.1 Å². The van der Waals surface area contributed by atoms with Gasteiger partial charge in [0.1, 0.15) is 6.07 Å². The molecule has 0 bridgehead atoms. The van der Waals surface area contributed by atoms with Crippen LogP contribution in [0.1, 0.15) is 18.9 Å². The summed E-state index contributed by atoms with van der Waals surface area (Å²) in [4.78, 5) is -0.0580. The summed E-state index contributed by atoms with van der Waals surface area (Å²) in [5, 5.41) is 9.01. The van der Waals surface area contributed by atoms with E-state index in [1.54, 1.807) is 6.92 Å². The Bertz CT molecular complexity index is 628. The minimum Gasteiger partial charge on any atom is -0.399 e. The first kappa shape index (κ1) is 13.8. The highest BCUT2D eigenvalue weighted by Crippen LogP contribution is 2.23. The van der Waals surface area contributed by atoms with Crippen LogP contribution in [0.3, 0.4) is 0 Å². The van der Waals surface area contributed by atoms with E-state index in [0.29, 0.717) is 25.3 Å². The van der Waals surface area contributed by atoms with Crippen molar-refractivity contribution < 1.29 is 13.2 Å². The van der Waals surface area contributed by atoms with E-state index in [2.05, 4.69) is 4.72 Å². The van der Waals surface area contributed by atoms with Gasteiger partial charge in [-0.2, -0.15) is 5.26 Å². The van der Waals surface area contributed by atoms with Crippen LogP contribution in [0.5, 0.6) is 0 Å². The molecule has 1 aliphatic heterocycles. The Hall–Kier alpha value is -1.62. The molecule has 6 nitrogen and oxygen atoms in total. The van der Waals surface area contributed by atoms with Crippen LogP contribution >= 0.6 is 0 Å². The maximum atomic E-state index is 12.3. The number of nitrogens with one attached hydrogen (secondary N) is 1. The number of nitrogens with zero attached hydrogens (tertiary/aromatic N) is 1. The zero-order chi connectivity index (χ0) is 14.1. The molecule has 1 heterocycles. The standard InChI is InChI=1S/C12H15N3O3S/c1-12(4-5-18-8-12)15-19(16,17)11-3-2-10(14)6-9(11)7-13/h2-3,6,15H,4-5,8,14H2,1H3. The van der Waals surface area contributed by atoms with E-state index in [9.17, 15) is 8.42 Å². The minimum absolute atomic E-state index is 0.0371. The highest BCUT2D eigenvalue weighted by Gasteiger charge is 2.35. The van der Waals surface area contributed by atoms with Crippen molar-refractivity contribution in [2.75, 3.05) is 18.9 Å². The lowest BCUT2D eigenvalue weighted by Crippen LogP contribution is -2.46. The average molecular weight is 281 g/mol. The van der Waals surface area contributed by atoms with Gasteiger partial charge in [0.2, 0.25) is 10.0 Å². The van der Waals surface area contributed by atoms with Crippen LogP contribution < -0.4 is 10.5 Å². The molecule has 0 saturated carbocycles. The Morgan fingerprint density at radius 3 is 2.84 bits per heavy atom. The molecule has 0 aromatic heterocycles. The van der Waals surface area contributed by atoms with Gasteiger partial charge in [0.25, 0.3) is 0 Å². The van der Waals surface area contributed by atoms with E-state index < -0.39 is 15.6 Å². The van der Waals surface area contributed by atoms with Gasteiger partial charge in [-0.3, -0.25) is 0 Å². The quantitative estimate of drug-likeness (QED) is 0.789. The molecule has 7 heteroatoms. The normalized spacial score (nSPS) is 23.2. The van der Waals surface area contributed by atoms with Crippen LogP contribution in [0, 0.1) is 11.3 Å². The van der Waals surface area contributed by atoms with E-state index >= 15 is 0 Å². The zero-order valence-corrected chi connectivity index (χ0v) is 11.3. The van der Waals surface area contributed by atoms with Gasteiger partial charge in [0.05, 0.1) is 22.6 Å². The number of nitriles is 1. The second kappa shape index (κ2) is 4.81. The molecule has 1 saturated heterocycles. The largest absolute Gasteiger partial charge is 0.399 e. The third-order valence-corrected chi connectivity index (χ3v) is 4.71. The lowest BCUT2D eigenvalue weighted by molar-refractivity contribution is 0.178. The van der Waals surface area contributed by atoms with Crippen LogP contribution in [0.4, 0.5) is 5.69 Å². The molecule has 3 N–H and O–H groups in total. The highest BCUT2D eigenvalue weighted by atomic mass is 32.2. The molecule has 0 amide bonds. The molecule has 1 fully saturated rings. The lowest BCUT2D eigenvalue weighted by Gasteiger charge is -2.23. The van der Waals surface area contributed by atoms with Gasteiger partial charge in [-0.25, -0.2) is 13.1 Å². The first-order chi connectivity index (χ1) is 8.86. The summed E-state index contributed by atoms with van der Waals surface area (Å²) >= 11 is 0. The van der Waals surface area contributed by atoms with Crippen molar-refractivity contribution in [3.05, 3.63) is 23.8 Å². The Kier molecular flexibility index (Phi) is 3.49. The molecule has 1 aromatic rings. The van der Waals surface area contributed by atoms with E-state index in [1.807, 2.05) is 6.07 Å². The summed E-state index contributed by atoms with van der Waals surface area (Å²) in [5.41, 5.74) is 5.31.